The molecule has 0 unspecified atom stereocenters. The summed E-state index contributed by atoms with van der Waals surface area (Å²) in [4.78, 5) is 12.2. The summed E-state index contributed by atoms with van der Waals surface area (Å²) >= 11 is 6.00. The van der Waals surface area contributed by atoms with E-state index in [0.717, 1.165) is 0 Å². The standard InChI is InChI=1S/C18H21ClN2O5S/c1-25-15-9-14(10-16(11-15)26-2)18(22)20-7-8-27(23,24)21-12-13-5-3-4-6-17(13)19/h3-6,9-11,21H,7-8,12H2,1-2H3,(H,20,22). The minimum Gasteiger partial charge on any atom is -0.497 e. The van der Waals surface area contributed by atoms with Gasteiger partial charge in [-0.1, -0.05) is 29.8 Å². The van der Waals surface area contributed by atoms with E-state index < -0.39 is 15.9 Å². The summed E-state index contributed by atoms with van der Waals surface area (Å²) in [5.74, 6) is 0.250. The molecule has 0 heterocycles. The molecular formula is C18H21ClN2O5S. The lowest BCUT2D eigenvalue weighted by Crippen LogP contribution is -2.34. The third-order valence-corrected chi connectivity index (χ3v) is 5.40. The number of amides is 1. The quantitative estimate of drug-likeness (QED) is 0.658. The highest BCUT2D eigenvalue weighted by Gasteiger charge is 2.14. The number of ether oxygens (including phenoxy) is 2. The summed E-state index contributed by atoms with van der Waals surface area (Å²) < 4.78 is 36.9. The highest BCUT2D eigenvalue weighted by Crippen LogP contribution is 2.22. The molecule has 0 radical (unpaired) electrons. The molecule has 146 valence electrons. The number of halogens is 1. The number of nitrogens with one attached hydrogen (secondary N) is 2. The van der Waals surface area contributed by atoms with Crippen LogP contribution in [-0.2, 0) is 16.6 Å². The Morgan fingerprint density at radius 3 is 2.30 bits per heavy atom. The number of sulfonamides is 1. The Kier molecular flexibility index (Phi) is 7.46. The summed E-state index contributed by atoms with van der Waals surface area (Å²) in [6.45, 7) is 0.0409. The molecule has 7 nitrogen and oxygen atoms in total. The van der Waals surface area contributed by atoms with Gasteiger partial charge in [0.1, 0.15) is 11.5 Å². The van der Waals surface area contributed by atoms with E-state index in [1.165, 1.54) is 14.2 Å². The highest BCUT2D eigenvalue weighted by atomic mass is 35.5. The highest BCUT2D eigenvalue weighted by molar-refractivity contribution is 7.89. The molecule has 0 atom stereocenters. The number of carbonyl (C=O) groups is 1. The minimum atomic E-state index is -3.57. The van der Waals surface area contributed by atoms with Crippen LogP contribution >= 0.6 is 11.6 Å². The molecule has 0 saturated heterocycles. The molecule has 0 bridgehead atoms. The molecule has 0 saturated carbocycles. The number of hydrogen-bond donors (Lipinski definition) is 2. The van der Waals surface area contributed by atoms with Crippen LogP contribution in [0.15, 0.2) is 42.5 Å². The molecule has 0 aliphatic carbocycles. The van der Waals surface area contributed by atoms with Gasteiger partial charge in [-0.15, -0.1) is 0 Å². The van der Waals surface area contributed by atoms with E-state index >= 15 is 0 Å². The largest absolute Gasteiger partial charge is 0.497 e. The fourth-order valence-electron chi connectivity index (χ4n) is 2.24. The summed E-state index contributed by atoms with van der Waals surface area (Å²) in [5.41, 5.74) is 0.989. The number of rotatable bonds is 9. The lowest BCUT2D eigenvalue weighted by Gasteiger charge is -2.10. The maximum Gasteiger partial charge on any atom is 0.251 e. The molecule has 9 heteroatoms. The molecule has 0 aliphatic heterocycles. The van der Waals surface area contributed by atoms with Gasteiger partial charge in [-0.2, -0.15) is 0 Å². The Hall–Kier alpha value is -2.29. The van der Waals surface area contributed by atoms with E-state index in [1.807, 2.05) is 0 Å². The van der Waals surface area contributed by atoms with E-state index in [9.17, 15) is 13.2 Å². The van der Waals surface area contributed by atoms with Crippen LogP contribution in [0.1, 0.15) is 15.9 Å². The van der Waals surface area contributed by atoms with Crippen molar-refractivity contribution in [2.75, 3.05) is 26.5 Å². The van der Waals surface area contributed by atoms with Gasteiger partial charge < -0.3 is 14.8 Å². The molecule has 1 amide bonds. The van der Waals surface area contributed by atoms with Crippen LogP contribution in [0.2, 0.25) is 5.02 Å². The molecular weight excluding hydrogens is 392 g/mol. The Bertz CT molecular complexity index is 880. The minimum absolute atomic E-state index is 0.0454. The van der Waals surface area contributed by atoms with Crippen LogP contribution in [0.25, 0.3) is 0 Å². The van der Waals surface area contributed by atoms with Gasteiger partial charge in [-0.25, -0.2) is 13.1 Å². The monoisotopic (exact) mass is 412 g/mol. The van der Waals surface area contributed by atoms with Crippen molar-refractivity contribution in [3.05, 3.63) is 58.6 Å². The second-order valence-corrected chi connectivity index (χ2v) is 7.92. The lowest BCUT2D eigenvalue weighted by molar-refractivity contribution is 0.0955. The zero-order chi connectivity index (χ0) is 19.9. The van der Waals surface area contributed by atoms with Crippen LogP contribution in [0, 0.1) is 0 Å². The second-order valence-electron chi connectivity index (χ2n) is 5.59. The van der Waals surface area contributed by atoms with Gasteiger partial charge in [0.25, 0.3) is 5.91 Å². The molecule has 2 aromatic carbocycles. The Morgan fingerprint density at radius 1 is 1.07 bits per heavy atom. The first-order valence-corrected chi connectivity index (χ1v) is 10.1. The predicted octanol–water partition coefficient (Wildman–Crippen LogP) is 2.21. The van der Waals surface area contributed by atoms with Crippen molar-refractivity contribution in [3.8, 4) is 11.5 Å². The van der Waals surface area contributed by atoms with Crippen LogP contribution in [0.5, 0.6) is 11.5 Å². The smallest absolute Gasteiger partial charge is 0.251 e. The average Bonchev–Trinajstić information content (AvgIpc) is 2.66. The second kappa shape index (κ2) is 9.59. The lowest BCUT2D eigenvalue weighted by atomic mass is 10.2. The van der Waals surface area contributed by atoms with Crippen molar-refractivity contribution in [2.45, 2.75) is 6.54 Å². The number of carbonyl (C=O) groups excluding carboxylic acids is 1. The predicted molar refractivity (Wildman–Crippen MR) is 104 cm³/mol. The van der Waals surface area contributed by atoms with Crippen molar-refractivity contribution in [2.24, 2.45) is 0 Å². The Morgan fingerprint density at radius 2 is 1.70 bits per heavy atom. The molecule has 2 rings (SSSR count). The maximum absolute atomic E-state index is 12.2. The van der Waals surface area contributed by atoms with Crippen molar-refractivity contribution >= 4 is 27.5 Å². The Balaban J connectivity index is 1.89. The van der Waals surface area contributed by atoms with Crippen LogP contribution < -0.4 is 19.5 Å². The average molecular weight is 413 g/mol. The number of hydrogen-bond acceptors (Lipinski definition) is 5. The fourth-order valence-corrected chi connectivity index (χ4v) is 3.33. The van der Waals surface area contributed by atoms with Gasteiger partial charge in [0, 0.05) is 29.7 Å². The summed E-state index contributed by atoms with van der Waals surface area (Å²) in [6.07, 6.45) is 0. The molecule has 0 spiro atoms. The topological polar surface area (TPSA) is 93.7 Å². The maximum atomic E-state index is 12.2. The van der Waals surface area contributed by atoms with Gasteiger partial charge in [0.2, 0.25) is 10.0 Å². The third kappa shape index (κ3) is 6.42. The molecule has 2 N–H and O–H groups in total. The zero-order valence-corrected chi connectivity index (χ0v) is 16.6. The van der Waals surface area contributed by atoms with Crippen LogP contribution in [-0.4, -0.2) is 40.8 Å². The van der Waals surface area contributed by atoms with Crippen molar-refractivity contribution in [1.82, 2.24) is 10.0 Å². The first kappa shape index (κ1) is 21.0. The summed E-state index contributed by atoms with van der Waals surface area (Å²) in [5, 5.41) is 3.06. The normalized spacial score (nSPS) is 11.1. The van der Waals surface area contributed by atoms with Gasteiger partial charge in [0.15, 0.2) is 0 Å². The van der Waals surface area contributed by atoms with E-state index in [-0.39, 0.29) is 18.8 Å². The molecule has 0 fully saturated rings. The van der Waals surface area contributed by atoms with E-state index in [1.54, 1.807) is 42.5 Å². The first-order valence-electron chi connectivity index (χ1n) is 8.06. The summed E-state index contributed by atoms with van der Waals surface area (Å²) in [6, 6.07) is 11.7. The van der Waals surface area contributed by atoms with Crippen molar-refractivity contribution < 1.29 is 22.7 Å². The van der Waals surface area contributed by atoms with Gasteiger partial charge in [-0.3, -0.25) is 4.79 Å². The van der Waals surface area contributed by atoms with Crippen molar-refractivity contribution in [3.63, 3.8) is 0 Å². The zero-order valence-electron chi connectivity index (χ0n) is 15.0. The molecule has 2 aromatic rings. The van der Waals surface area contributed by atoms with E-state index in [2.05, 4.69) is 10.0 Å². The van der Waals surface area contributed by atoms with Gasteiger partial charge in [0.05, 0.1) is 20.0 Å². The number of benzene rings is 2. The van der Waals surface area contributed by atoms with E-state index in [4.69, 9.17) is 21.1 Å². The van der Waals surface area contributed by atoms with E-state index in [0.29, 0.717) is 27.6 Å². The van der Waals surface area contributed by atoms with Gasteiger partial charge in [-0.05, 0) is 23.8 Å². The molecule has 0 aliphatic rings. The van der Waals surface area contributed by atoms with Crippen LogP contribution in [0.4, 0.5) is 0 Å². The number of methoxy groups -OCH3 is 2. The summed E-state index contributed by atoms with van der Waals surface area (Å²) in [7, 11) is -0.613. The van der Waals surface area contributed by atoms with Crippen molar-refractivity contribution in [1.29, 1.82) is 0 Å². The SMILES string of the molecule is COc1cc(OC)cc(C(=O)NCCS(=O)(=O)NCc2ccccc2Cl)c1. The molecule has 27 heavy (non-hydrogen) atoms. The molecule has 0 aromatic heterocycles. The van der Waals surface area contributed by atoms with Gasteiger partial charge >= 0.3 is 0 Å². The third-order valence-electron chi connectivity index (χ3n) is 3.71. The first-order chi connectivity index (χ1) is 12.8. The fraction of sp³-hybridized carbons (Fsp3) is 0.278. The van der Waals surface area contributed by atoms with Crippen LogP contribution in [0.3, 0.4) is 0 Å². The Labute approximate surface area is 163 Å².